The molecule has 0 bridgehead atoms. The molecular weight excluding hydrogens is 360 g/mol. The van der Waals surface area contributed by atoms with Gasteiger partial charge in [0.1, 0.15) is 0 Å². The van der Waals surface area contributed by atoms with Crippen molar-refractivity contribution in [3.05, 3.63) is 59.2 Å². The summed E-state index contributed by atoms with van der Waals surface area (Å²) in [6.45, 7) is 6.41. The maximum Gasteiger partial charge on any atom is 0.241 e. The van der Waals surface area contributed by atoms with Crippen LogP contribution < -0.4 is 9.62 Å². The van der Waals surface area contributed by atoms with Crippen molar-refractivity contribution in [2.75, 3.05) is 11.4 Å². The normalized spacial score (nSPS) is 14.9. The molecule has 0 spiro atoms. The van der Waals surface area contributed by atoms with Crippen molar-refractivity contribution in [1.82, 2.24) is 4.72 Å². The third-order valence-electron chi connectivity index (χ3n) is 5.05. The summed E-state index contributed by atoms with van der Waals surface area (Å²) in [5, 5.41) is 0. The van der Waals surface area contributed by atoms with Gasteiger partial charge in [-0.05, 0) is 49.1 Å². The molecule has 0 saturated carbocycles. The largest absolute Gasteiger partial charge is 0.312 e. The average Bonchev–Trinajstić information content (AvgIpc) is 3.09. The number of hydrogen-bond donors (Lipinski definition) is 1. The molecule has 2 aromatic carbocycles. The van der Waals surface area contributed by atoms with Gasteiger partial charge in [0.05, 0.1) is 4.90 Å². The third-order valence-corrected chi connectivity index (χ3v) is 6.52. The van der Waals surface area contributed by atoms with Crippen LogP contribution in [0.4, 0.5) is 5.69 Å². The van der Waals surface area contributed by atoms with E-state index in [2.05, 4.69) is 4.72 Å². The van der Waals surface area contributed by atoms with Crippen molar-refractivity contribution in [3.63, 3.8) is 0 Å². The number of carbonyl (C=O) groups is 1. The Balaban J connectivity index is 1.85. The minimum Gasteiger partial charge on any atom is -0.312 e. The maximum atomic E-state index is 12.9. The Morgan fingerprint density at radius 3 is 2.48 bits per heavy atom. The number of nitrogens with zero attached hydrogens (tertiary/aromatic N) is 1. The van der Waals surface area contributed by atoms with Gasteiger partial charge < -0.3 is 4.90 Å². The molecule has 0 saturated heterocycles. The van der Waals surface area contributed by atoms with Crippen molar-refractivity contribution in [1.29, 1.82) is 0 Å². The quantitative estimate of drug-likeness (QED) is 0.823. The standard InChI is InChI=1S/C21H26N2O3S/c1-4-19(16-8-6-15(3)7-9-16)22-27(25,26)18-10-11-20-17(14-18)12-13-23(20)21(24)5-2/h6-11,14,19,22H,4-5,12-13H2,1-3H3. The highest BCUT2D eigenvalue weighted by Crippen LogP contribution is 2.31. The Morgan fingerprint density at radius 1 is 1.15 bits per heavy atom. The van der Waals surface area contributed by atoms with Crippen LogP contribution in [0.3, 0.4) is 0 Å². The number of amides is 1. The first-order valence-corrected chi connectivity index (χ1v) is 10.9. The van der Waals surface area contributed by atoms with Crippen molar-refractivity contribution in [2.24, 2.45) is 0 Å². The van der Waals surface area contributed by atoms with Crippen LogP contribution in [-0.2, 0) is 21.2 Å². The molecule has 0 fully saturated rings. The minimum atomic E-state index is -3.65. The van der Waals surface area contributed by atoms with Gasteiger partial charge in [0.2, 0.25) is 15.9 Å². The van der Waals surface area contributed by atoms with Crippen LogP contribution in [0.2, 0.25) is 0 Å². The molecule has 6 heteroatoms. The molecule has 3 rings (SSSR count). The third kappa shape index (κ3) is 4.06. The second-order valence-corrected chi connectivity index (χ2v) is 8.65. The first kappa shape index (κ1) is 19.6. The number of anilines is 1. The number of fused-ring (bicyclic) bond motifs is 1. The molecule has 0 aromatic heterocycles. The number of aryl methyl sites for hydroxylation is 1. The van der Waals surface area contributed by atoms with Crippen LogP contribution in [0.25, 0.3) is 0 Å². The topological polar surface area (TPSA) is 66.5 Å². The number of sulfonamides is 1. The van der Waals surface area contributed by atoms with Gasteiger partial charge in [-0.1, -0.05) is 43.7 Å². The van der Waals surface area contributed by atoms with Gasteiger partial charge in [0, 0.05) is 24.7 Å². The Morgan fingerprint density at radius 2 is 1.85 bits per heavy atom. The molecule has 144 valence electrons. The van der Waals surface area contributed by atoms with Gasteiger partial charge in [-0.25, -0.2) is 13.1 Å². The van der Waals surface area contributed by atoms with E-state index in [0.717, 1.165) is 22.4 Å². The van der Waals surface area contributed by atoms with E-state index in [0.29, 0.717) is 25.8 Å². The van der Waals surface area contributed by atoms with E-state index in [1.165, 1.54) is 0 Å². The van der Waals surface area contributed by atoms with E-state index in [-0.39, 0.29) is 16.8 Å². The van der Waals surface area contributed by atoms with Crippen LogP contribution in [0.15, 0.2) is 47.4 Å². The molecule has 1 aliphatic rings. The van der Waals surface area contributed by atoms with Crippen LogP contribution in [0.5, 0.6) is 0 Å². The molecule has 1 aliphatic heterocycles. The predicted octanol–water partition coefficient (Wildman–Crippen LogP) is 3.72. The van der Waals surface area contributed by atoms with Gasteiger partial charge in [0.15, 0.2) is 0 Å². The summed E-state index contributed by atoms with van der Waals surface area (Å²) in [6, 6.07) is 12.7. The fourth-order valence-corrected chi connectivity index (χ4v) is 4.79. The SMILES string of the molecule is CCC(=O)N1CCc2cc(S(=O)(=O)NC(CC)c3ccc(C)cc3)ccc21. The summed E-state index contributed by atoms with van der Waals surface area (Å²) >= 11 is 0. The zero-order valence-electron chi connectivity index (χ0n) is 16.0. The second-order valence-electron chi connectivity index (χ2n) is 6.93. The lowest BCUT2D eigenvalue weighted by Gasteiger charge is -2.19. The zero-order valence-corrected chi connectivity index (χ0v) is 16.8. The zero-order chi connectivity index (χ0) is 19.6. The Labute approximate surface area is 161 Å². The molecule has 0 aliphatic carbocycles. The summed E-state index contributed by atoms with van der Waals surface area (Å²) in [6.07, 6.45) is 1.78. The minimum absolute atomic E-state index is 0.0629. The van der Waals surface area contributed by atoms with Crippen molar-refractivity contribution >= 4 is 21.6 Å². The fraction of sp³-hybridized carbons (Fsp3) is 0.381. The molecule has 1 atom stereocenters. The summed E-state index contributed by atoms with van der Waals surface area (Å²) in [7, 11) is -3.65. The second kappa shape index (κ2) is 7.82. The summed E-state index contributed by atoms with van der Waals surface area (Å²) in [4.78, 5) is 14.0. The number of rotatable bonds is 6. The molecule has 1 N–H and O–H groups in total. The van der Waals surface area contributed by atoms with Gasteiger partial charge in [-0.3, -0.25) is 4.79 Å². The van der Waals surface area contributed by atoms with Crippen molar-refractivity contribution in [3.8, 4) is 0 Å². The highest BCUT2D eigenvalue weighted by Gasteiger charge is 2.27. The van der Waals surface area contributed by atoms with Crippen LogP contribution in [0.1, 0.15) is 49.4 Å². The first-order valence-electron chi connectivity index (χ1n) is 9.38. The Kier molecular flexibility index (Phi) is 5.67. The van der Waals surface area contributed by atoms with E-state index in [1.807, 2.05) is 45.0 Å². The predicted molar refractivity (Wildman–Crippen MR) is 107 cm³/mol. The fourth-order valence-electron chi connectivity index (χ4n) is 3.44. The molecule has 0 radical (unpaired) electrons. The Hall–Kier alpha value is -2.18. The van der Waals surface area contributed by atoms with E-state index < -0.39 is 10.0 Å². The van der Waals surface area contributed by atoms with Crippen LogP contribution in [-0.4, -0.2) is 20.9 Å². The monoisotopic (exact) mass is 386 g/mol. The van der Waals surface area contributed by atoms with Crippen molar-refractivity contribution in [2.45, 2.75) is 51.0 Å². The molecule has 5 nitrogen and oxygen atoms in total. The summed E-state index contributed by atoms with van der Waals surface area (Å²) in [5.41, 5.74) is 3.82. The molecule has 2 aromatic rings. The van der Waals surface area contributed by atoms with E-state index >= 15 is 0 Å². The lowest BCUT2D eigenvalue weighted by molar-refractivity contribution is -0.118. The van der Waals surface area contributed by atoms with Gasteiger partial charge in [0.25, 0.3) is 0 Å². The van der Waals surface area contributed by atoms with E-state index in [9.17, 15) is 13.2 Å². The van der Waals surface area contributed by atoms with Crippen molar-refractivity contribution < 1.29 is 13.2 Å². The van der Waals surface area contributed by atoms with Gasteiger partial charge >= 0.3 is 0 Å². The highest BCUT2D eigenvalue weighted by atomic mass is 32.2. The first-order chi connectivity index (χ1) is 12.9. The smallest absolute Gasteiger partial charge is 0.241 e. The lowest BCUT2D eigenvalue weighted by Crippen LogP contribution is -2.29. The molecular formula is C21H26N2O3S. The number of carbonyl (C=O) groups excluding carboxylic acids is 1. The van der Waals surface area contributed by atoms with Gasteiger partial charge in [-0.15, -0.1) is 0 Å². The molecule has 1 amide bonds. The molecule has 1 heterocycles. The summed E-state index contributed by atoms with van der Waals surface area (Å²) in [5.74, 6) is 0.0629. The number of nitrogens with one attached hydrogen (secondary N) is 1. The molecule has 1 unspecified atom stereocenters. The molecule has 27 heavy (non-hydrogen) atoms. The summed E-state index contributed by atoms with van der Waals surface area (Å²) < 4.78 is 28.7. The lowest BCUT2D eigenvalue weighted by atomic mass is 10.0. The average molecular weight is 387 g/mol. The van der Waals surface area contributed by atoms with Gasteiger partial charge in [-0.2, -0.15) is 0 Å². The van der Waals surface area contributed by atoms with Crippen LogP contribution in [0, 0.1) is 6.92 Å². The van der Waals surface area contributed by atoms with E-state index in [1.54, 1.807) is 23.1 Å². The number of benzene rings is 2. The number of hydrogen-bond acceptors (Lipinski definition) is 3. The highest BCUT2D eigenvalue weighted by molar-refractivity contribution is 7.89. The maximum absolute atomic E-state index is 12.9. The Bertz CT molecular complexity index is 936. The van der Waals surface area contributed by atoms with E-state index in [4.69, 9.17) is 0 Å². The van der Waals surface area contributed by atoms with Crippen LogP contribution >= 0.6 is 0 Å².